The number of nitrogens with zero attached hydrogens (tertiary/aromatic N) is 5. The number of aliphatic hydroxyl groups is 1. The molecule has 3 N–H and O–H groups in total. The first-order chi connectivity index (χ1) is 17.8. The zero-order chi connectivity index (χ0) is 25.7. The Morgan fingerprint density at radius 1 is 1.05 bits per heavy atom. The number of ether oxygens (including phenoxy) is 1. The Kier molecular flexibility index (Phi) is 6.01. The maximum Gasteiger partial charge on any atom is 0.408 e. The van der Waals surface area contributed by atoms with Gasteiger partial charge in [-0.15, -0.1) is 10.2 Å². The third-order valence-corrected chi connectivity index (χ3v) is 7.27. The molecule has 1 aromatic carbocycles. The summed E-state index contributed by atoms with van der Waals surface area (Å²) >= 11 is 0. The summed E-state index contributed by atoms with van der Waals surface area (Å²) in [6, 6.07) is 10.1. The predicted octanol–water partition coefficient (Wildman–Crippen LogP) is 3.87. The zero-order valence-corrected chi connectivity index (χ0v) is 20.0. The van der Waals surface area contributed by atoms with Crippen LogP contribution >= 0.6 is 0 Å². The first-order valence-corrected chi connectivity index (χ1v) is 12.4. The van der Waals surface area contributed by atoms with Gasteiger partial charge in [-0.05, 0) is 55.5 Å². The van der Waals surface area contributed by atoms with E-state index < -0.39 is 18.3 Å². The fourth-order valence-corrected chi connectivity index (χ4v) is 5.41. The Labute approximate surface area is 210 Å². The number of aromatic nitrogens is 4. The molecule has 1 aliphatic heterocycles. The predicted molar refractivity (Wildman–Crippen MR) is 131 cm³/mol. The Morgan fingerprint density at radius 3 is 2.62 bits per heavy atom. The number of alkyl halides is 3. The molecule has 6 rings (SSSR count). The van der Waals surface area contributed by atoms with Crippen LogP contribution in [-0.2, 0) is 0 Å². The van der Waals surface area contributed by atoms with Crippen molar-refractivity contribution in [1.82, 2.24) is 24.5 Å². The van der Waals surface area contributed by atoms with Crippen LogP contribution in [-0.4, -0.2) is 67.1 Å². The van der Waals surface area contributed by atoms with Crippen LogP contribution in [0.15, 0.2) is 48.7 Å². The summed E-state index contributed by atoms with van der Waals surface area (Å²) in [6.07, 6.45) is -0.779. The number of nitrogens with two attached hydrogens (primary N) is 1. The molecule has 194 valence electrons. The van der Waals surface area contributed by atoms with Crippen molar-refractivity contribution in [2.45, 2.75) is 56.2 Å². The third kappa shape index (κ3) is 4.62. The lowest BCUT2D eigenvalue weighted by atomic mass is 10.1. The van der Waals surface area contributed by atoms with Crippen molar-refractivity contribution in [2.24, 2.45) is 5.73 Å². The molecule has 2 fully saturated rings. The second-order valence-electron chi connectivity index (χ2n) is 9.91. The summed E-state index contributed by atoms with van der Waals surface area (Å²) < 4.78 is 50.0. The van der Waals surface area contributed by atoms with Crippen molar-refractivity contribution in [3.8, 4) is 17.3 Å². The van der Waals surface area contributed by atoms with Crippen LogP contribution in [0.4, 0.5) is 13.2 Å². The Balaban J connectivity index is 1.36. The highest BCUT2D eigenvalue weighted by Gasteiger charge is 2.46. The summed E-state index contributed by atoms with van der Waals surface area (Å²) in [5, 5.41) is 19.3. The molecule has 37 heavy (non-hydrogen) atoms. The number of hydrogen-bond donors (Lipinski definition) is 2. The summed E-state index contributed by atoms with van der Waals surface area (Å²) in [5.74, 6) is 0.948. The average molecular weight is 513 g/mol. The molecule has 4 aromatic rings. The topological polar surface area (TPSA) is 102 Å². The Morgan fingerprint density at radius 2 is 1.89 bits per heavy atom. The molecule has 0 spiro atoms. The maximum atomic E-state index is 14.2. The van der Waals surface area contributed by atoms with E-state index >= 15 is 0 Å². The van der Waals surface area contributed by atoms with Crippen LogP contribution in [0.1, 0.15) is 37.3 Å². The molecular formula is C26H27F3N6O2. The molecule has 8 nitrogen and oxygen atoms in total. The van der Waals surface area contributed by atoms with Gasteiger partial charge in [0.25, 0.3) is 0 Å². The Hall–Kier alpha value is -3.28. The lowest BCUT2D eigenvalue weighted by molar-refractivity contribution is -0.183. The van der Waals surface area contributed by atoms with Crippen molar-refractivity contribution in [1.29, 1.82) is 0 Å². The number of hydrogen-bond acceptors (Lipinski definition) is 7. The van der Waals surface area contributed by atoms with Crippen molar-refractivity contribution in [3.63, 3.8) is 0 Å². The second kappa shape index (κ2) is 9.23. The van der Waals surface area contributed by atoms with Gasteiger partial charge in [0, 0.05) is 36.8 Å². The van der Waals surface area contributed by atoms with E-state index in [9.17, 15) is 18.3 Å². The van der Waals surface area contributed by atoms with E-state index in [-0.39, 0.29) is 30.8 Å². The van der Waals surface area contributed by atoms with Gasteiger partial charge in [-0.1, -0.05) is 12.1 Å². The number of rotatable bonds is 5. The highest BCUT2D eigenvalue weighted by molar-refractivity contribution is 5.82. The van der Waals surface area contributed by atoms with Gasteiger partial charge in [0.05, 0.1) is 11.6 Å². The average Bonchev–Trinajstić information content (AvgIpc) is 3.58. The number of aliphatic hydroxyl groups excluding tert-OH is 1. The van der Waals surface area contributed by atoms with E-state index in [0.29, 0.717) is 34.9 Å². The van der Waals surface area contributed by atoms with Gasteiger partial charge in [-0.3, -0.25) is 9.30 Å². The molecular weight excluding hydrogens is 485 g/mol. The minimum atomic E-state index is -4.46. The maximum absolute atomic E-state index is 14.2. The molecule has 11 heteroatoms. The number of pyridine rings is 2. The van der Waals surface area contributed by atoms with E-state index in [2.05, 4.69) is 10.2 Å². The van der Waals surface area contributed by atoms with E-state index in [1.54, 1.807) is 22.6 Å². The molecule has 2 aliphatic rings. The van der Waals surface area contributed by atoms with Crippen LogP contribution < -0.4 is 10.5 Å². The van der Waals surface area contributed by atoms with Crippen molar-refractivity contribution < 1.29 is 23.0 Å². The van der Waals surface area contributed by atoms with Crippen LogP contribution in [0.2, 0.25) is 0 Å². The highest BCUT2D eigenvalue weighted by Crippen LogP contribution is 2.39. The van der Waals surface area contributed by atoms with E-state index in [1.165, 1.54) is 17.2 Å². The monoisotopic (exact) mass is 512 g/mol. The van der Waals surface area contributed by atoms with Crippen molar-refractivity contribution in [3.05, 3.63) is 54.2 Å². The molecule has 3 unspecified atom stereocenters. The van der Waals surface area contributed by atoms with Gasteiger partial charge in [0.2, 0.25) is 0 Å². The first kappa shape index (κ1) is 24.1. The SMILES string of the molecule is NC1CCN([C@H](c2ccc3nnc(-c4ccc5ccc(OC6CCCC6O)cc5n4)n3c2)C(F)(F)F)C1. The largest absolute Gasteiger partial charge is 0.488 e. The molecule has 3 aromatic heterocycles. The van der Waals surface area contributed by atoms with Crippen LogP contribution in [0.5, 0.6) is 5.75 Å². The Bertz CT molecular complexity index is 1440. The van der Waals surface area contributed by atoms with Crippen LogP contribution in [0, 0.1) is 0 Å². The number of likely N-dealkylation sites (tertiary alicyclic amines) is 1. The summed E-state index contributed by atoms with van der Waals surface area (Å²) in [4.78, 5) is 6.10. The van der Waals surface area contributed by atoms with Gasteiger partial charge >= 0.3 is 6.18 Å². The second-order valence-corrected chi connectivity index (χ2v) is 9.91. The molecule has 0 amide bonds. The molecule has 0 radical (unpaired) electrons. The molecule has 0 bridgehead atoms. The molecule has 4 atom stereocenters. The molecule has 1 aliphatic carbocycles. The quantitative estimate of drug-likeness (QED) is 0.419. The van der Waals surface area contributed by atoms with E-state index in [4.69, 9.17) is 15.5 Å². The highest BCUT2D eigenvalue weighted by atomic mass is 19.4. The summed E-state index contributed by atoms with van der Waals surface area (Å²) in [6.45, 7) is 0.471. The molecule has 4 heterocycles. The van der Waals surface area contributed by atoms with E-state index in [0.717, 1.165) is 24.6 Å². The number of fused-ring (bicyclic) bond motifs is 2. The van der Waals surface area contributed by atoms with Gasteiger partial charge < -0.3 is 15.6 Å². The van der Waals surface area contributed by atoms with Crippen molar-refractivity contribution in [2.75, 3.05) is 13.1 Å². The number of halogens is 3. The van der Waals surface area contributed by atoms with Crippen molar-refractivity contribution >= 4 is 16.6 Å². The number of benzene rings is 1. The summed E-state index contributed by atoms with van der Waals surface area (Å²) in [5.41, 5.74) is 7.55. The fourth-order valence-electron chi connectivity index (χ4n) is 5.41. The third-order valence-electron chi connectivity index (χ3n) is 7.27. The minimum Gasteiger partial charge on any atom is -0.488 e. The molecule has 1 saturated heterocycles. The minimum absolute atomic E-state index is 0.0988. The first-order valence-electron chi connectivity index (χ1n) is 12.4. The van der Waals surface area contributed by atoms with Gasteiger partial charge in [0.1, 0.15) is 23.6 Å². The smallest absolute Gasteiger partial charge is 0.408 e. The zero-order valence-electron chi connectivity index (χ0n) is 20.0. The molecule has 1 saturated carbocycles. The fraction of sp³-hybridized carbons (Fsp3) is 0.423. The van der Waals surface area contributed by atoms with Crippen LogP contribution in [0.3, 0.4) is 0 Å². The van der Waals surface area contributed by atoms with Crippen LogP contribution in [0.25, 0.3) is 28.1 Å². The standard InChI is InChI=1S/C26H27F3N6O2/c27-26(28,29)24(34-11-10-17(30)14-34)16-6-9-23-32-33-25(35(23)13-16)19-8-5-15-4-7-18(12-20(15)31-19)37-22-3-1-2-21(22)36/h4-9,12-13,17,21-22,24,36H,1-3,10-11,14,30H2/t17?,21?,22?,24-/m1/s1. The van der Waals surface area contributed by atoms with Gasteiger partial charge in [0.15, 0.2) is 11.5 Å². The summed E-state index contributed by atoms with van der Waals surface area (Å²) in [7, 11) is 0. The lowest BCUT2D eigenvalue weighted by Crippen LogP contribution is -2.38. The van der Waals surface area contributed by atoms with Gasteiger partial charge in [-0.25, -0.2) is 4.98 Å². The normalized spacial score (nSPS) is 23.8. The van der Waals surface area contributed by atoms with Gasteiger partial charge in [-0.2, -0.15) is 13.2 Å². The lowest BCUT2D eigenvalue weighted by Gasteiger charge is -2.30. The van der Waals surface area contributed by atoms with E-state index in [1.807, 2.05) is 18.2 Å².